The summed E-state index contributed by atoms with van der Waals surface area (Å²) < 4.78 is 1.66. The zero-order chi connectivity index (χ0) is 20.9. The van der Waals surface area contributed by atoms with Crippen LogP contribution in [0.25, 0.3) is 10.9 Å². The molecule has 0 spiro atoms. The highest BCUT2D eigenvalue weighted by Crippen LogP contribution is 2.25. The molecule has 7 heteroatoms. The van der Waals surface area contributed by atoms with E-state index in [1.54, 1.807) is 23.0 Å². The van der Waals surface area contributed by atoms with E-state index in [0.717, 1.165) is 31.5 Å². The summed E-state index contributed by atoms with van der Waals surface area (Å²) in [5.74, 6) is 0.122. The van der Waals surface area contributed by atoms with Gasteiger partial charge in [0.15, 0.2) is 5.16 Å². The maximum atomic E-state index is 13.2. The molecule has 1 aliphatic heterocycles. The van der Waals surface area contributed by atoms with E-state index in [-0.39, 0.29) is 16.7 Å². The van der Waals surface area contributed by atoms with Crippen molar-refractivity contribution in [2.24, 2.45) is 0 Å². The first-order chi connectivity index (χ1) is 14.6. The van der Waals surface area contributed by atoms with Crippen LogP contribution in [0.2, 0.25) is 0 Å². The topological polar surface area (TPSA) is 68.1 Å². The van der Waals surface area contributed by atoms with Crippen molar-refractivity contribution in [3.8, 4) is 0 Å². The van der Waals surface area contributed by atoms with Gasteiger partial charge in [-0.15, -0.1) is 0 Å². The number of pyridine rings is 1. The van der Waals surface area contributed by atoms with Gasteiger partial charge >= 0.3 is 0 Å². The summed E-state index contributed by atoms with van der Waals surface area (Å²) in [4.78, 5) is 37.2. The third-order valence-electron chi connectivity index (χ3n) is 5.44. The molecule has 0 radical (unpaired) electrons. The van der Waals surface area contributed by atoms with Gasteiger partial charge in [0.05, 0.1) is 22.7 Å². The molecule has 0 N–H and O–H groups in total. The molecule has 0 bridgehead atoms. The van der Waals surface area contributed by atoms with Crippen LogP contribution >= 0.6 is 11.8 Å². The van der Waals surface area contributed by atoms with E-state index in [4.69, 9.17) is 4.98 Å². The maximum Gasteiger partial charge on any atom is 0.262 e. The second-order valence-electron chi connectivity index (χ2n) is 7.66. The molecule has 156 valence electrons. The number of likely N-dealkylation sites (tertiary alicyclic amines) is 1. The first-order valence-electron chi connectivity index (χ1n) is 10.5. The quantitative estimate of drug-likeness (QED) is 0.463. The van der Waals surface area contributed by atoms with Gasteiger partial charge in [-0.3, -0.25) is 19.1 Å². The monoisotopic (exact) mass is 422 g/mol. The number of benzene rings is 1. The van der Waals surface area contributed by atoms with Crippen molar-refractivity contribution in [3.05, 3.63) is 64.7 Å². The number of hydrogen-bond donors (Lipinski definition) is 0. The van der Waals surface area contributed by atoms with E-state index >= 15 is 0 Å². The van der Waals surface area contributed by atoms with E-state index in [1.807, 2.05) is 42.2 Å². The van der Waals surface area contributed by atoms with Gasteiger partial charge in [-0.1, -0.05) is 42.8 Å². The average Bonchev–Trinajstić information content (AvgIpc) is 3.06. The smallest absolute Gasteiger partial charge is 0.262 e. The van der Waals surface area contributed by atoms with Crippen molar-refractivity contribution in [3.63, 3.8) is 0 Å². The summed E-state index contributed by atoms with van der Waals surface area (Å²) in [7, 11) is 0. The summed E-state index contributed by atoms with van der Waals surface area (Å²) in [6.45, 7) is 3.92. The molecule has 1 aromatic carbocycles. The molecule has 1 atom stereocenters. The number of thioether (sulfide) groups is 1. The number of para-hydroxylation sites is 1. The minimum Gasteiger partial charge on any atom is -0.342 e. The Bertz CT molecular complexity index is 1080. The number of carbonyl (C=O) groups excluding carboxylic acids is 1. The third-order valence-corrected chi connectivity index (χ3v) is 6.52. The maximum absolute atomic E-state index is 13.2. The normalized spacial score (nSPS) is 15.7. The van der Waals surface area contributed by atoms with Gasteiger partial charge in [-0.05, 0) is 43.5 Å². The van der Waals surface area contributed by atoms with Crippen molar-refractivity contribution in [2.75, 3.05) is 13.1 Å². The Morgan fingerprint density at radius 1 is 1.10 bits per heavy atom. The van der Waals surface area contributed by atoms with Gasteiger partial charge < -0.3 is 4.90 Å². The molecule has 0 aliphatic carbocycles. The predicted molar refractivity (Wildman–Crippen MR) is 120 cm³/mol. The summed E-state index contributed by atoms with van der Waals surface area (Å²) >= 11 is 1.37. The predicted octanol–water partition coefficient (Wildman–Crippen LogP) is 3.72. The van der Waals surface area contributed by atoms with Crippen molar-refractivity contribution in [1.82, 2.24) is 19.4 Å². The fourth-order valence-electron chi connectivity index (χ4n) is 3.81. The van der Waals surface area contributed by atoms with Gasteiger partial charge in [0.1, 0.15) is 0 Å². The molecule has 3 heterocycles. The number of carbonyl (C=O) groups is 1. The van der Waals surface area contributed by atoms with Crippen LogP contribution in [0, 0.1) is 0 Å². The molecular formula is C23H26N4O2S. The Labute approximate surface area is 180 Å². The largest absolute Gasteiger partial charge is 0.342 e. The van der Waals surface area contributed by atoms with Crippen molar-refractivity contribution >= 4 is 28.6 Å². The molecule has 1 amide bonds. The molecule has 30 heavy (non-hydrogen) atoms. The second-order valence-corrected chi connectivity index (χ2v) is 8.97. The van der Waals surface area contributed by atoms with Crippen molar-refractivity contribution < 1.29 is 4.79 Å². The van der Waals surface area contributed by atoms with Crippen molar-refractivity contribution in [1.29, 1.82) is 0 Å². The minimum absolute atomic E-state index is 0.0959. The number of rotatable bonds is 5. The lowest BCUT2D eigenvalue weighted by molar-refractivity contribution is -0.130. The number of aromatic nitrogens is 3. The van der Waals surface area contributed by atoms with Crippen LogP contribution in [-0.4, -0.2) is 43.7 Å². The highest BCUT2D eigenvalue weighted by atomic mass is 32.2. The molecule has 1 unspecified atom stereocenters. The highest BCUT2D eigenvalue weighted by molar-refractivity contribution is 8.00. The minimum atomic E-state index is -0.309. The molecular weight excluding hydrogens is 396 g/mol. The second kappa shape index (κ2) is 9.43. The van der Waals surface area contributed by atoms with Gasteiger partial charge in [-0.25, -0.2) is 4.98 Å². The SMILES string of the molecule is CC(Sc1nc2ccccc2c(=O)n1Cc1cccnc1)C(=O)N1CCCCCC1. The molecule has 0 saturated carbocycles. The number of nitrogens with zero attached hydrogens (tertiary/aromatic N) is 4. The standard InChI is InChI=1S/C23H26N4O2S/c1-17(21(28)26-13-6-2-3-7-14-26)30-23-25-20-11-5-4-10-19(20)22(29)27(23)16-18-9-8-12-24-15-18/h4-5,8-12,15,17H,2-3,6-7,13-14,16H2,1H3. The van der Waals surface area contributed by atoms with Gasteiger partial charge in [0.2, 0.25) is 5.91 Å². The molecule has 6 nitrogen and oxygen atoms in total. The summed E-state index contributed by atoms with van der Waals surface area (Å²) in [6, 6.07) is 11.2. The van der Waals surface area contributed by atoms with E-state index in [9.17, 15) is 9.59 Å². The van der Waals surface area contributed by atoms with E-state index in [1.165, 1.54) is 24.6 Å². The Hall–Kier alpha value is -2.67. The van der Waals surface area contributed by atoms with Gasteiger partial charge in [0.25, 0.3) is 5.56 Å². The molecule has 3 aromatic rings. The molecule has 1 aliphatic rings. The highest BCUT2D eigenvalue weighted by Gasteiger charge is 2.24. The Kier molecular flexibility index (Phi) is 6.47. The van der Waals surface area contributed by atoms with Crippen molar-refractivity contribution in [2.45, 2.75) is 49.6 Å². The summed E-state index contributed by atoms with van der Waals surface area (Å²) in [5.41, 5.74) is 1.48. The lowest BCUT2D eigenvalue weighted by Gasteiger charge is -2.24. The van der Waals surface area contributed by atoms with E-state index in [2.05, 4.69) is 4.98 Å². The van der Waals surface area contributed by atoms with E-state index in [0.29, 0.717) is 22.6 Å². The zero-order valence-electron chi connectivity index (χ0n) is 17.2. The lowest BCUT2D eigenvalue weighted by Crippen LogP contribution is -2.37. The fraction of sp³-hybridized carbons (Fsp3) is 0.391. The number of amides is 1. The van der Waals surface area contributed by atoms with Gasteiger partial charge in [-0.2, -0.15) is 0 Å². The third kappa shape index (κ3) is 4.56. The van der Waals surface area contributed by atoms with Crippen LogP contribution in [0.4, 0.5) is 0 Å². The first kappa shape index (κ1) is 20.6. The Morgan fingerprint density at radius 2 is 1.87 bits per heavy atom. The summed E-state index contributed by atoms with van der Waals surface area (Å²) in [6.07, 6.45) is 7.95. The molecule has 2 aromatic heterocycles. The molecule has 1 fully saturated rings. The van der Waals surface area contributed by atoms with Crippen LogP contribution in [0.3, 0.4) is 0 Å². The average molecular weight is 423 g/mol. The lowest BCUT2D eigenvalue weighted by atomic mass is 10.2. The first-order valence-corrected chi connectivity index (χ1v) is 11.4. The van der Waals surface area contributed by atoms with Gasteiger partial charge in [0, 0.05) is 25.5 Å². The van der Waals surface area contributed by atoms with Crippen LogP contribution in [0.5, 0.6) is 0 Å². The molecule has 1 saturated heterocycles. The van der Waals surface area contributed by atoms with Crippen LogP contribution in [-0.2, 0) is 11.3 Å². The number of fused-ring (bicyclic) bond motifs is 1. The van der Waals surface area contributed by atoms with Crippen LogP contribution in [0.15, 0.2) is 58.7 Å². The Balaban J connectivity index is 1.67. The summed E-state index contributed by atoms with van der Waals surface area (Å²) in [5, 5.41) is 0.840. The zero-order valence-corrected chi connectivity index (χ0v) is 18.0. The van der Waals surface area contributed by atoms with Crippen LogP contribution in [0.1, 0.15) is 38.2 Å². The fourth-order valence-corrected chi connectivity index (χ4v) is 4.80. The van der Waals surface area contributed by atoms with E-state index < -0.39 is 0 Å². The Morgan fingerprint density at radius 3 is 2.60 bits per heavy atom. The molecule has 4 rings (SSSR count). The number of hydrogen-bond acceptors (Lipinski definition) is 5. The van der Waals surface area contributed by atoms with Crippen LogP contribution < -0.4 is 5.56 Å².